The highest BCUT2D eigenvalue weighted by atomic mass is 32.2. The zero-order chi connectivity index (χ0) is 23.8. The highest BCUT2D eigenvalue weighted by molar-refractivity contribution is 7.89. The molecule has 0 saturated carbocycles. The van der Waals surface area contributed by atoms with Crippen molar-refractivity contribution < 1.29 is 32.1 Å². The van der Waals surface area contributed by atoms with Crippen molar-refractivity contribution in [3.63, 3.8) is 0 Å². The zero-order valence-corrected chi connectivity index (χ0v) is 20.5. The molecule has 33 heavy (non-hydrogen) atoms. The van der Waals surface area contributed by atoms with E-state index in [4.69, 9.17) is 23.7 Å². The largest absolute Gasteiger partial charge is 0.492 e. The first-order chi connectivity index (χ1) is 15.9. The van der Waals surface area contributed by atoms with Crippen molar-refractivity contribution in [2.75, 3.05) is 33.7 Å². The molecule has 1 heterocycles. The van der Waals surface area contributed by atoms with Gasteiger partial charge in [-0.3, -0.25) is 0 Å². The monoisotopic (exact) mass is 479 g/mol. The van der Waals surface area contributed by atoms with Crippen LogP contribution in [0.25, 0.3) is 0 Å². The van der Waals surface area contributed by atoms with E-state index >= 15 is 0 Å². The summed E-state index contributed by atoms with van der Waals surface area (Å²) < 4.78 is 57.0. The van der Waals surface area contributed by atoms with Gasteiger partial charge in [0.05, 0.1) is 18.6 Å². The molecule has 1 aliphatic heterocycles. The number of methoxy groups -OCH3 is 1. The fraction of sp³-hybridized carbons (Fsp3) is 0.500. The number of aryl methyl sites for hydroxylation is 1. The molecule has 0 radical (unpaired) electrons. The summed E-state index contributed by atoms with van der Waals surface area (Å²) in [5.74, 6) is 1.50. The first-order valence-electron chi connectivity index (χ1n) is 11.2. The fourth-order valence-corrected chi connectivity index (χ4v) is 4.86. The average Bonchev–Trinajstić information content (AvgIpc) is 3.29. The Balaban J connectivity index is 1.97. The third-order valence-electron chi connectivity index (χ3n) is 5.15. The summed E-state index contributed by atoms with van der Waals surface area (Å²) in [7, 11) is -2.33. The predicted molar refractivity (Wildman–Crippen MR) is 124 cm³/mol. The Morgan fingerprint density at radius 2 is 1.67 bits per heavy atom. The number of hydrogen-bond acceptors (Lipinski definition) is 7. The molecule has 182 valence electrons. The third kappa shape index (κ3) is 6.17. The summed E-state index contributed by atoms with van der Waals surface area (Å²) in [5, 5.41) is 0. The second kappa shape index (κ2) is 11.7. The van der Waals surface area contributed by atoms with Gasteiger partial charge in [0.25, 0.3) is 0 Å². The zero-order valence-electron chi connectivity index (χ0n) is 19.7. The number of hydrogen-bond donors (Lipinski definition) is 0. The summed E-state index contributed by atoms with van der Waals surface area (Å²) in [5.41, 5.74) is 1.63. The van der Waals surface area contributed by atoms with Gasteiger partial charge >= 0.3 is 0 Å². The summed E-state index contributed by atoms with van der Waals surface area (Å²) in [6.45, 7) is 7.03. The van der Waals surface area contributed by atoms with Gasteiger partial charge in [-0.15, -0.1) is 0 Å². The van der Waals surface area contributed by atoms with Gasteiger partial charge < -0.3 is 23.7 Å². The number of sulfonamides is 1. The summed E-state index contributed by atoms with van der Waals surface area (Å²) in [6, 6.07) is 10.3. The molecule has 0 atom stereocenters. The highest BCUT2D eigenvalue weighted by Crippen LogP contribution is 2.43. The Bertz CT molecular complexity index is 1000. The standard InChI is InChI=1S/C24H33NO7S/c1-5-13-29-22(30-14-6-2)16-25(33(26,27)20-10-7-18(3)8-11-20)15-19-9-12-21-24(23(19)28-4)32-17-31-21/h7-12,22H,5-6,13-17H2,1-4H3. The van der Waals surface area contributed by atoms with Crippen LogP contribution in [0.1, 0.15) is 37.8 Å². The lowest BCUT2D eigenvalue weighted by Gasteiger charge is -2.28. The lowest BCUT2D eigenvalue weighted by molar-refractivity contribution is -0.147. The third-order valence-corrected chi connectivity index (χ3v) is 6.98. The Hall–Kier alpha value is -2.33. The molecule has 0 unspecified atom stereocenters. The van der Waals surface area contributed by atoms with E-state index in [-0.39, 0.29) is 24.8 Å². The number of ether oxygens (including phenoxy) is 5. The van der Waals surface area contributed by atoms with E-state index in [1.165, 1.54) is 11.4 Å². The minimum absolute atomic E-state index is 0.0355. The molecule has 8 nitrogen and oxygen atoms in total. The van der Waals surface area contributed by atoms with Crippen LogP contribution in [0.2, 0.25) is 0 Å². The summed E-state index contributed by atoms with van der Waals surface area (Å²) in [6.07, 6.45) is 0.907. The van der Waals surface area contributed by atoms with Crippen LogP contribution in [0.3, 0.4) is 0 Å². The fourth-order valence-electron chi connectivity index (χ4n) is 3.45. The van der Waals surface area contributed by atoms with E-state index in [1.54, 1.807) is 36.4 Å². The van der Waals surface area contributed by atoms with Crippen LogP contribution in [0.4, 0.5) is 0 Å². The number of benzene rings is 2. The van der Waals surface area contributed by atoms with Crippen molar-refractivity contribution in [3.8, 4) is 17.2 Å². The van der Waals surface area contributed by atoms with E-state index in [1.807, 2.05) is 20.8 Å². The Kier molecular flexibility index (Phi) is 8.96. The normalized spacial score (nSPS) is 13.2. The maximum Gasteiger partial charge on any atom is 0.243 e. The van der Waals surface area contributed by atoms with E-state index < -0.39 is 16.3 Å². The first kappa shape index (κ1) is 25.3. The maximum atomic E-state index is 13.7. The van der Waals surface area contributed by atoms with Gasteiger partial charge in [-0.05, 0) is 38.0 Å². The maximum absolute atomic E-state index is 13.7. The average molecular weight is 480 g/mol. The van der Waals surface area contributed by atoms with Crippen molar-refractivity contribution in [2.24, 2.45) is 0 Å². The van der Waals surface area contributed by atoms with Crippen LogP contribution in [0.15, 0.2) is 41.3 Å². The molecule has 0 N–H and O–H groups in total. The van der Waals surface area contributed by atoms with E-state index in [0.29, 0.717) is 36.0 Å². The molecule has 0 saturated heterocycles. The van der Waals surface area contributed by atoms with Gasteiger partial charge in [0.1, 0.15) is 0 Å². The number of rotatable bonds is 13. The minimum Gasteiger partial charge on any atom is -0.492 e. The molecule has 9 heteroatoms. The van der Waals surface area contributed by atoms with Crippen molar-refractivity contribution in [2.45, 2.75) is 51.3 Å². The highest BCUT2D eigenvalue weighted by Gasteiger charge is 2.31. The molecule has 2 aromatic carbocycles. The van der Waals surface area contributed by atoms with E-state index in [0.717, 1.165) is 18.4 Å². The van der Waals surface area contributed by atoms with Crippen molar-refractivity contribution in [1.29, 1.82) is 0 Å². The SMILES string of the molecule is CCCOC(CN(Cc1ccc2c(c1OC)OCO2)S(=O)(=O)c1ccc(C)cc1)OCCC. The Labute approximate surface area is 196 Å². The molecule has 0 aliphatic carbocycles. The summed E-state index contributed by atoms with van der Waals surface area (Å²) >= 11 is 0. The van der Waals surface area contributed by atoms with Crippen molar-refractivity contribution in [3.05, 3.63) is 47.5 Å². The van der Waals surface area contributed by atoms with Crippen LogP contribution >= 0.6 is 0 Å². The second-order valence-corrected chi connectivity index (χ2v) is 9.71. The van der Waals surface area contributed by atoms with Crippen molar-refractivity contribution in [1.82, 2.24) is 4.31 Å². The van der Waals surface area contributed by atoms with Crippen LogP contribution in [0.5, 0.6) is 17.2 Å². The van der Waals surface area contributed by atoms with Gasteiger partial charge in [0, 0.05) is 25.3 Å². The minimum atomic E-state index is -3.85. The quantitative estimate of drug-likeness (QED) is 0.400. The lowest BCUT2D eigenvalue weighted by atomic mass is 10.1. The summed E-state index contributed by atoms with van der Waals surface area (Å²) in [4.78, 5) is 0.206. The topological polar surface area (TPSA) is 83.5 Å². The molecule has 1 aliphatic rings. The van der Waals surface area contributed by atoms with Gasteiger partial charge in [-0.1, -0.05) is 37.6 Å². The first-order valence-corrected chi connectivity index (χ1v) is 12.6. The van der Waals surface area contributed by atoms with Crippen LogP contribution in [0, 0.1) is 6.92 Å². The number of nitrogens with zero attached hydrogens (tertiary/aromatic N) is 1. The van der Waals surface area contributed by atoms with E-state index in [9.17, 15) is 8.42 Å². The lowest BCUT2D eigenvalue weighted by Crippen LogP contribution is -2.39. The molecule has 0 aromatic heterocycles. The van der Waals surface area contributed by atoms with Gasteiger partial charge in [0.2, 0.25) is 22.6 Å². The molecule has 3 rings (SSSR count). The predicted octanol–water partition coefficient (Wildman–Crippen LogP) is 4.10. The smallest absolute Gasteiger partial charge is 0.243 e. The molecular formula is C24H33NO7S. The second-order valence-electron chi connectivity index (χ2n) is 7.77. The van der Waals surface area contributed by atoms with Gasteiger partial charge in [-0.2, -0.15) is 4.31 Å². The molecular weight excluding hydrogens is 446 g/mol. The van der Waals surface area contributed by atoms with Gasteiger partial charge in [0.15, 0.2) is 17.8 Å². The molecule has 0 bridgehead atoms. The Morgan fingerprint density at radius 1 is 1.00 bits per heavy atom. The number of fused-ring (bicyclic) bond motifs is 1. The van der Waals surface area contributed by atoms with Crippen LogP contribution in [-0.4, -0.2) is 52.7 Å². The molecule has 0 amide bonds. The van der Waals surface area contributed by atoms with E-state index in [2.05, 4.69) is 0 Å². The van der Waals surface area contributed by atoms with Gasteiger partial charge in [-0.25, -0.2) is 8.42 Å². The molecule has 0 spiro atoms. The van der Waals surface area contributed by atoms with Crippen molar-refractivity contribution >= 4 is 10.0 Å². The van der Waals surface area contributed by atoms with Crippen LogP contribution < -0.4 is 14.2 Å². The van der Waals surface area contributed by atoms with Crippen LogP contribution in [-0.2, 0) is 26.0 Å². The Morgan fingerprint density at radius 3 is 2.27 bits per heavy atom. The molecule has 0 fully saturated rings. The molecule has 2 aromatic rings.